The molecule has 3 heterocycles. The molecule has 0 aliphatic carbocycles. The topological polar surface area (TPSA) is 71.3 Å². The quantitative estimate of drug-likeness (QED) is 0.623. The highest BCUT2D eigenvalue weighted by atomic mass is 32.1. The Morgan fingerprint density at radius 2 is 1.79 bits per heavy atom. The van der Waals surface area contributed by atoms with Gasteiger partial charge in [-0.2, -0.15) is 4.99 Å². The van der Waals surface area contributed by atoms with Gasteiger partial charge in [0, 0.05) is 25.3 Å². The van der Waals surface area contributed by atoms with Gasteiger partial charge in [0.05, 0.1) is 10.2 Å². The van der Waals surface area contributed by atoms with Crippen LogP contribution >= 0.6 is 11.3 Å². The monoisotopic (exact) mass is 396 g/mol. The van der Waals surface area contributed by atoms with Crippen LogP contribution in [0.25, 0.3) is 16.3 Å². The fourth-order valence-electron chi connectivity index (χ4n) is 3.09. The Morgan fingerprint density at radius 3 is 2.64 bits per heavy atom. The van der Waals surface area contributed by atoms with E-state index in [1.54, 1.807) is 6.08 Å². The van der Waals surface area contributed by atoms with Gasteiger partial charge in [0.2, 0.25) is 6.79 Å². The smallest absolute Gasteiger partial charge is 0.272 e. The summed E-state index contributed by atoms with van der Waals surface area (Å²) in [5.41, 5.74) is 1.79. The molecule has 142 valence electrons. The predicted octanol–water partition coefficient (Wildman–Crippen LogP) is 2.88. The lowest BCUT2D eigenvalue weighted by atomic mass is 10.2. The van der Waals surface area contributed by atoms with Crippen LogP contribution in [-0.2, 0) is 11.8 Å². The fraction of sp³-hybridized carbons (Fsp3) is 0.200. The number of amides is 1. The number of hydrogen-bond donors (Lipinski definition) is 0. The Bertz CT molecular complexity index is 1190. The minimum atomic E-state index is -0.336. The van der Waals surface area contributed by atoms with Gasteiger partial charge in [-0.25, -0.2) is 0 Å². The maximum atomic E-state index is 12.3. The molecule has 0 saturated heterocycles. The molecule has 0 N–H and O–H groups in total. The molecule has 0 radical (unpaired) electrons. The van der Waals surface area contributed by atoms with Gasteiger partial charge in [-0.15, -0.1) is 0 Å². The van der Waals surface area contributed by atoms with E-state index in [9.17, 15) is 4.79 Å². The van der Waals surface area contributed by atoms with E-state index in [2.05, 4.69) is 4.99 Å². The second-order valence-electron chi connectivity index (χ2n) is 6.30. The Morgan fingerprint density at radius 1 is 1.04 bits per heavy atom. The van der Waals surface area contributed by atoms with E-state index in [-0.39, 0.29) is 12.7 Å². The van der Waals surface area contributed by atoms with Crippen molar-refractivity contribution in [1.82, 2.24) is 4.57 Å². The van der Waals surface area contributed by atoms with Crippen LogP contribution < -0.4 is 23.7 Å². The van der Waals surface area contributed by atoms with E-state index in [4.69, 9.17) is 18.9 Å². The number of ether oxygens (including phenoxy) is 4. The number of carbonyl (C=O) groups is 1. The van der Waals surface area contributed by atoms with Crippen molar-refractivity contribution < 1.29 is 23.7 Å². The lowest BCUT2D eigenvalue weighted by Crippen LogP contribution is -2.15. The van der Waals surface area contributed by atoms with Gasteiger partial charge in [-0.05, 0) is 23.8 Å². The van der Waals surface area contributed by atoms with Crippen LogP contribution in [0.2, 0.25) is 0 Å². The lowest BCUT2D eigenvalue weighted by molar-refractivity contribution is -0.113. The van der Waals surface area contributed by atoms with Gasteiger partial charge in [-0.3, -0.25) is 4.79 Å². The molecule has 28 heavy (non-hydrogen) atoms. The summed E-state index contributed by atoms with van der Waals surface area (Å²) in [5, 5.41) is 0. The van der Waals surface area contributed by atoms with Crippen LogP contribution in [0.3, 0.4) is 0 Å². The van der Waals surface area contributed by atoms with Gasteiger partial charge in [0.25, 0.3) is 5.91 Å². The fourth-order valence-corrected chi connectivity index (χ4v) is 4.12. The van der Waals surface area contributed by atoms with Crippen molar-refractivity contribution in [3.05, 3.63) is 46.8 Å². The first-order valence-electron chi connectivity index (χ1n) is 8.73. The predicted molar refractivity (Wildman–Crippen MR) is 104 cm³/mol. The first kappa shape index (κ1) is 16.9. The third-order valence-corrected chi connectivity index (χ3v) is 5.59. The molecule has 5 rings (SSSR count). The van der Waals surface area contributed by atoms with Gasteiger partial charge in [-0.1, -0.05) is 17.4 Å². The SMILES string of the molecule is Cn1c(=NC(=O)C=Cc2ccc3c(c2)OCO3)sc2cc3c(cc21)OCCO3. The molecule has 2 aliphatic rings. The number of hydrogen-bond acceptors (Lipinski definition) is 6. The maximum Gasteiger partial charge on any atom is 0.272 e. The Hall–Kier alpha value is -3.26. The molecule has 2 aliphatic heterocycles. The van der Waals surface area contributed by atoms with E-state index < -0.39 is 0 Å². The van der Waals surface area contributed by atoms with E-state index >= 15 is 0 Å². The van der Waals surface area contributed by atoms with E-state index in [1.165, 1.54) is 17.4 Å². The summed E-state index contributed by atoms with van der Waals surface area (Å²) in [6.07, 6.45) is 3.15. The number of thiazole rings is 1. The summed E-state index contributed by atoms with van der Waals surface area (Å²) >= 11 is 1.43. The highest BCUT2D eigenvalue weighted by Crippen LogP contribution is 2.35. The first-order valence-corrected chi connectivity index (χ1v) is 9.55. The van der Waals surface area contributed by atoms with Crippen LogP contribution in [0.5, 0.6) is 23.0 Å². The summed E-state index contributed by atoms with van der Waals surface area (Å²) < 4.78 is 24.8. The largest absolute Gasteiger partial charge is 0.486 e. The molecule has 0 unspecified atom stereocenters. The minimum absolute atomic E-state index is 0.221. The maximum absolute atomic E-state index is 12.3. The molecule has 8 heteroatoms. The molecule has 0 fully saturated rings. The number of nitrogens with zero attached hydrogens (tertiary/aromatic N) is 2. The number of aryl methyl sites for hydroxylation is 1. The summed E-state index contributed by atoms with van der Waals surface area (Å²) in [4.78, 5) is 17.2. The van der Waals surface area contributed by atoms with Crippen molar-refractivity contribution in [2.75, 3.05) is 20.0 Å². The minimum Gasteiger partial charge on any atom is -0.486 e. The molecule has 0 atom stereocenters. The molecule has 3 aromatic rings. The van der Waals surface area contributed by atoms with Crippen molar-refractivity contribution in [2.45, 2.75) is 0 Å². The highest BCUT2D eigenvalue weighted by molar-refractivity contribution is 7.16. The molecule has 1 amide bonds. The summed E-state index contributed by atoms with van der Waals surface area (Å²) in [7, 11) is 1.88. The molecular formula is C20H16N2O5S. The third-order valence-electron chi connectivity index (χ3n) is 4.49. The van der Waals surface area contributed by atoms with Crippen molar-refractivity contribution in [3.8, 4) is 23.0 Å². The number of aromatic nitrogens is 1. The van der Waals surface area contributed by atoms with Crippen molar-refractivity contribution in [3.63, 3.8) is 0 Å². The summed E-state index contributed by atoms with van der Waals surface area (Å²) in [6, 6.07) is 9.37. The van der Waals surface area contributed by atoms with Crippen LogP contribution in [0.1, 0.15) is 5.56 Å². The number of fused-ring (bicyclic) bond motifs is 3. The second-order valence-corrected chi connectivity index (χ2v) is 7.31. The number of rotatable bonds is 2. The highest BCUT2D eigenvalue weighted by Gasteiger charge is 2.15. The van der Waals surface area contributed by atoms with Crippen LogP contribution in [0, 0.1) is 0 Å². The van der Waals surface area contributed by atoms with Crippen LogP contribution in [0.4, 0.5) is 0 Å². The normalized spacial score (nSPS) is 15.5. The molecule has 0 spiro atoms. The van der Waals surface area contributed by atoms with Gasteiger partial charge in [0.15, 0.2) is 27.8 Å². The standard InChI is InChI=1S/C20H16N2O5S/c1-22-13-9-16-17(25-7-6-24-16)10-18(13)28-20(22)21-19(23)5-3-12-2-4-14-15(8-12)27-11-26-14/h2-5,8-10H,6-7,11H2,1H3. The zero-order valence-corrected chi connectivity index (χ0v) is 15.8. The zero-order chi connectivity index (χ0) is 19.1. The van der Waals surface area contributed by atoms with Crippen molar-refractivity contribution in [1.29, 1.82) is 0 Å². The van der Waals surface area contributed by atoms with Gasteiger partial charge >= 0.3 is 0 Å². The Kier molecular flexibility index (Phi) is 4.05. The summed E-state index contributed by atoms with van der Waals surface area (Å²) in [5.74, 6) is 2.49. The second kappa shape index (κ2) is 6.72. The molecule has 1 aromatic heterocycles. The van der Waals surface area contributed by atoms with E-state index in [0.29, 0.717) is 35.3 Å². The number of carbonyl (C=O) groups excluding carboxylic acids is 1. The van der Waals surface area contributed by atoms with Gasteiger partial charge in [0.1, 0.15) is 13.2 Å². The van der Waals surface area contributed by atoms with E-state index in [1.807, 2.05) is 41.9 Å². The molecule has 0 bridgehead atoms. The lowest BCUT2D eigenvalue weighted by Gasteiger charge is -2.18. The molecular weight excluding hydrogens is 380 g/mol. The zero-order valence-electron chi connectivity index (χ0n) is 15.0. The van der Waals surface area contributed by atoms with Crippen LogP contribution in [-0.4, -0.2) is 30.5 Å². The molecule has 0 saturated carbocycles. The Balaban J connectivity index is 1.44. The average Bonchev–Trinajstić information content (AvgIpc) is 3.29. The van der Waals surface area contributed by atoms with E-state index in [0.717, 1.165) is 21.5 Å². The van der Waals surface area contributed by atoms with Crippen molar-refractivity contribution >= 4 is 33.5 Å². The summed E-state index contributed by atoms with van der Waals surface area (Å²) in [6.45, 7) is 1.29. The van der Waals surface area contributed by atoms with Gasteiger partial charge < -0.3 is 23.5 Å². The van der Waals surface area contributed by atoms with Crippen LogP contribution in [0.15, 0.2) is 41.4 Å². The average molecular weight is 396 g/mol. The Labute approximate surface area is 164 Å². The molecule has 2 aromatic carbocycles. The third kappa shape index (κ3) is 3.01. The van der Waals surface area contributed by atoms with Crippen molar-refractivity contribution in [2.24, 2.45) is 12.0 Å². The number of benzene rings is 2. The first-order chi connectivity index (χ1) is 13.7. The molecule has 7 nitrogen and oxygen atoms in total.